The fourth-order valence-corrected chi connectivity index (χ4v) is 2.21. The molecule has 0 spiro atoms. The van der Waals surface area contributed by atoms with Crippen LogP contribution >= 0.6 is 23.2 Å². The van der Waals surface area contributed by atoms with E-state index in [1.807, 2.05) is 11.9 Å². The second-order valence-electron chi connectivity index (χ2n) is 4.27. The molecule has 0 aliphatic rings. The quantitative estimate of drug-likeness (QED) is 0.854. The lowest BCUT2D eigenvalue weighted by molar-refractivity contribution is 0.625. The van der Waals surface area contributed by atoms with Gasteiger partial charge in [0.2, 0.25) is 0 Å². The topological polar surface area (TPSA) is 29.3 Å². The van der Waals surface area contributed by atoms with Gasteiger partial charge in [0.15, 0.2) is 0 Å². The van der Waals surface area contributed by atoms with Crippen LogP contribution in [0, 0.1) is 5.82 Å². The highest BCUT2D eigenvalue weighted by Crippen LogP contribution is 2.29. The summed E-state index contributed by atoms with van der Waals surface area (Å²) >= 11 is 11.9. The predicted octanol–water partition coefficient (Wildman–Crippen LogP) is 4.35. The highest BCUT2D eigenvalue weighted by molar-refractivity contribution is 6.31. The Morgan fingerprint density at radius 2 is 1.95 bits per heavy atom. The molecule has 0 aliphatic heterocycles. The van der Waals surface area contributed by atoms with E-state index in [0.29, 0.717) is 22.8 Å². The summed E-state index contributed by atoms with van der Waals surface area (Å²) in [5.74, 6) is -0.424. The molecule has 2 rings (SSSR count). The third-order valence-corrected chi connectivity index (χ3v) is 3.50. The van der Waals surface area contributed by atoms with Crippen LogP contribution in [0.4, 0.5) is 15.8 Å². The van der Waals surface area contributed by atoms with Crippen molar-refractivity contribution in [1.29, 1.82) is 0 Å². The lowest BCUT2D eigenvalue weighted by Crippen LogP contribution is -2.18. The monoisotopic (exact) mass is 298 g/mol. The molecule has 2 aromatic carbocycles. The number of nitrogens with two attached hydrogens (primary N) is 1. The van der Waals surface area contributed by atoms with E-state index in [1.54, 1.807) is 30.3 Å². The van der Waals surface area contributed by atoms with Crippen LogP contribution in [-0.2, 0) is 6.54 Å². The van der Waals surface area contributed by atoms with E-state index in [-0.39, 0.29) is 5.02 Å². The summed E-state index contributed by atoms with van der Waals surface area (Å²) in [6.45, 7) is 0.446. The Labute approximate surface area is 121 Å². The molecule has 2 N–H and O–H groups in total. The zero-order valence-electron chi connectivity index (χ0n) is 10.3. The lowest BCUT2D eigenvalue weighted by atomic mass is 10.2. The average Bonchev–Trinajstić information content (AvgIpc) is 2.38. The molecule has 0 heterocycles. The van der Waals surface area contributed by atoms with Crippen molar-refractivity contribution in [2.24, 2.45) is 0 Å². The molecule has 0 amide bonds. The van der Waals surface area contributed by atoms with Gasteiger partial charge in [-0.3, -0.25) is 0 Å². The molecule has 0 saturated carbocycles. The summed E-state index contributed by atoms with van der Waals surface area (Å²) in [6, 6.07) is 9.97. The Morgan fingerprint density at radius 3 is 2.68 bits per heavy atom. The normalized spacial score (nSPS) is 10.5. The molecule has 0 aliphatic carbocycles. The molecule has 0 saturated heterocycles. The van der Waals surface area contributed by atoms with Gasteiger partial charge in [-0.25, -0.2) is 4.39 Å². The lowest BCUT2D eigenvalue weighted by Gasteiger charge is -2.22. The van der Waals surface area contributed by atoms with Crippen LogP contribution in [0.5, 0.6) is 0 Å². The maximum Gasteiger partial charge on any atom is 0.142 e. The van der Waals surface area contributed by atoms with Crippen LogP contribution in [0.15, 0.2) is 36.4 Å². The molecule has 0 aromatic heterocycles. The van der Waals surface area contributed by atoms with Gasteiger partial charge in [0.1, 0.15) is 5.82 Å². The Kier molecular flexibility index (Phi) is 4.17. The first-order valence-electron chi connectivity index (χ1n) is 5.68. The third-order valence-electron chi connectivity index (χ3n) is 2.84. The molecule has 5 heteroatoms. The van der Waals surface area contributed by atoms with E-state index >= 15 is 0 Å². The van der Waals surface area contributed by atoms with Crippen molar-refractivity contribution in [1.82, 2.24) is 0 Å². The van der Waals surface area contributed by atoms with Crippen molar-refractivity contribution in [2.45, 2.75) is 6.54 Å². The van der Waals surface area contributed by atoms with Crippen molar-refractivity contribution in [3.63, 3.8) is 0 Å². The zero-order chi connectivity index (χ0) is 14.0. The van der Waals surface area contributed by atoms with Crippen molar-refractivity contribution in [3.05, 3.63) is 57.8 Å². The number of anilines is 2. The maximum atomic E-state index is 13.4. The minimum absolute atomic E-state index is 0.134. The van der Waals surface area contributed by atoms with E-state index in [2.05, 4.69) is 0 Å². The van der Waals surface area contributed by atoms with Crippen molar-refractivity contribution in [3.8, 4) is 0 Å². The van der Waals surface area contributed by atoms with E-state index in [4.69, 9.17) is 28.9 Å². The second-order valence-corrected chi connectivity index (χ2v) is 5.09. The van der Waals surface area contributed by atoms with E-state index in [1.165, 1.54) is 6.07 Å². The fourth-order valence-electron chi connectivity index (χ4n) is 1.86. The van der Waals surface area contributed by atoms with E-state index in [9.17, 15) is 4.39 Å². The molecule has 19 heavy (non-hydrogen) atoms. The second kappa shape index (κ2) is 5.68. The number of hydrogen-bond acceptors (Lipinski definition) is 2. The van der Waals surface area contributed by atoms with Gasteiger partial charge in [0.25, 0.3) is 0 Å². The van der Waals surface area contributed by atoms with Crippen LogP contribution < -0.4 is 10.6 Å². The van der Waals surface area contributed by atoms with Gasteiger partial charge in [-0.15, -0.1) is 0 Å². The molecule has 2 aromatic rings. The average molecular weight is 299 g/mol. The van der Waals surface area contributed by atoms with Crippen LogP contribution in [-0.4, -0.2) is 7.05 Å². The molecule has 100 valence electrons. The SMILES string of the molecule is CN(Cc1cccc(F)c1Cl)c1cc(Cl)ccc1N. The van der Waals surface area contributed by atoms with Crippen molar-refractivity contribution in [2.75, 3.05) is 17.7 Å². The van der Waals surface area contributed by atoms with Crippen LogP contribution in [0.1, 0.15) is 5.56 Å². The number of hydrogen-bond donors (Lipinski definition) is 1. The zero-order valence-corrected chi connectivity index (χ0v) is 11.8. The molecule has 0 unspecified atom stereocenters. The van der Waals surface area contributed by atoms with E-state index in [0.717, 1.165) is 5.69 Å². The fraction of sp³-hybridized carbons (Fsp3) is 0.143. The first-order chi connectivity index (χ1) is 8.99. The molecule has 0 atom stereocenters. The van der Waals surface area contributed by atoms with Gasteiger partial charge in [-0.2, -0.15) is 0 Å². The maximum absolute atomic E-state index is 13.4. The number of benzene rings is 2. The Balaban J connectivity index is 2.28. The molecule has 0 fully saturated rings. The van der Waals surface area contributed by atoms with Gasteiger partial charge in [-0.05, 0) is 29.8 Å². The van der Waals surface area contributed by atoms with Crippen LogP contribution in [0.2, 0.25) is 10.0 Å². The standard InChI is InChI=1S/C14H13Cl2FN2/c1-19(13-7-10(15)5-6-12(13)18)8-9-3-2-4-11(17)14(9)16/h2-7H,8,18H2,1H3. The molecule has 0 bridgehead atoms. The number of rotatable bonds is 3. The van der Waals surface area contributed by atoms with Gasteiger partial charge in [-0.1, -0.05) is 35.3 Å². The minimum Gasteiger partial charge on any atom is -0.397 e. The molecule has 2 nitrogen and oxygen atoms in total. The van der Waals surface area contributed by atoms with Crippen LogP contribution in [0.3, 0.4) is 0 Å². The largest absolute Gasteiger partial charge is 0.397 e. The molecular weight excluding hydrogens is 286 g/mol. The highest BCUT2D eigenvalue weighted by Gasteiger charge is 2.11. The first-order valence-corrected chi connectivity index (χ1v) is 6.43. The Morgan fingerprint density at radius 1 is 1.21 bits per heavy atom. The van der Waals surface area contributed by atoms with Crippen LogP contribution in [0.25, 0.3) is 0 Å². The number of halogens is 3. The smallest absolute Gasteiger partial charge is 0.142 e. The molecular formula is C14H13Cl2FN2. The van der Waals surface area contributed by atoms with Gasteiger partial charge in [0, 0.05) is 18.6 Å². The number of nitrogen functional groups attached to an aromatic ring is 1. The predicted molar refractivity (Wildman–Crippen MR) is 79.4 cm³/mol. The summed E-state index contributed by atoms with van der Waals surface area (Å²) in [4.78, 5) is 1.88. The Hall–Kier alpha value is -1.45. The van der Waals surface area contributed by atoms with Gasteiger partial charge < -0.3 is 10.6 Å². The van der Waals surface area contributed by atoms with Crippen molar-refractivity contribution >= 4 is 34.6 Å². The summed E-state index contributed by atoms with van der Waals surface area (Å²) in [6.07, 6.45) is 0. The summed E-state index contributed by atoms with van der Waals surface area (Å²) in [7, 11) is 1.85. The van der Waals surface area contributed by atoms with Gasteiger partial charge >= 0.3 is 0 Å². The number of nitrogens with zero attached hydrogens (tertiary/aromatic N) is 1. The van der Waals surface area contributed by atoms with Crippen molar-refractivity contribution < 1.29 is 4.39 Å². The molecule has 0 radical (unpaired) electrons. The summed E-state index contributed by atoms with van der Waals surface area (Å²) < 4.78 is 13.4. The summed E-state index contributed by atoms with van der Waals surface area (Å²) in [5.41, 5.74) is 8.00. The Bertz CT molecular complexity index is 602. The van der Waals surface area contributed by atoms with E-state index < -0.39 is 5.82 Å². The third kappa shape index (κ3) is 3.11. The van der Waals surface area contributed by atoms with Gasteiger partial charge in [0.05, 0.1) is 16.4 Å². The highest BCUT2D eigenvalue weighted by atomic mass is 35.5. The summed E-state index contributed by atoms with van der Waals surface area (Å²) in [5, 5.41) is 0.733. The first kappa shape index (κ1) is 14.0. The minimum atomic E-state index is -0.424.